The minimum atomic E-state index is -4.60. The molecule has 182 valence electrons. The largest absolute Gasteiger partial charge is 0.418 e. The molecule has 10 nitrogen and oxygen atoms in total. The fourth-order valence-corrected chi connectivity index (χ4v) is 4.27. The molecule has 1 N–H and O–H groups in total. The van der Waals surface area contributed by atoms with Gasteiger partial charge < -0.3 is 14.3 Å². The Morgan fingerprint density at radius 1 is 1.17 bits per heavy atom. The lowest BCUT2D eigenvalue weighted by Crippen LogP contribution is -2.41. The summed E-state index contributed by atoms with van der Waals surface area (Å²) in [5.41, 5.74) is 0.0813. The van der Waals surface area contributed by atoms with Crippen molar-refractivity contribution in [3.8, 4) is 11.6 Å². The number of hydrogen-bond donors (Lipinski definition) is 1. The maximum atomic E-state index is 14.1. The first-order valence-corrected chi connectivity index (χ1v) is 10.6. The number of aromatic amines is 1. The van der Waals surface area contributed by atoms with Gasteiger partial charge in [0, 0.05) is 31.1 Å². The number of imidazole rings is 1. The van der Waals surface area contributed by atoms with Gasteiger partial charge in [-0.15, -0.1) is 10.2 Å². The van der Waals surface area contributed by atoms with E-state index < -0.39 is 35.4 Å². The Morgan fingerprint density at radius 3 is 2.83 bits per heavy atom. The van der Waals surface area contributed by atoms with Gasteiger partial charge in [-0.25, -0.2) is 18.9 Å². The minimum absolute atomic E-state index is 0.161. The van der Waals surface area contributed by atoms with Crippen LogP contribution in [0.2, 0.25) is 0 Å². The molecule has 1 atom stereocenters. The molecule has 1 aliphatic heterocycles. The monoisotopic (exact) mass is 498 g/mol. The highest BCUT2D eigenvalue weighted by molar-refractivity contribution is 5.90. The van der Waals surface area contributed by atoms with E-state index in [0.717, 1.165) is 22.3 Å². The zero-order valence-corrected chi connectivity index (χ0v) is 18.1. The molecule has 5 aromatic rings. The Bertz CT molecular complexity index is 1600. The zero-order valence-electron chi connectivity index (χ0n) is 18.1. The summed E-state index contributed by atoms with van der Waals surface area (Å²) >= 11 is 0. The topological polar surface area (TPSA) is 118 Å². The lowest BCUT2D eigenvalue weighted by atomic mass is 9.99. The van der Waals surface area contributed by atoms with Crippen LogP contribution in [-0.2, 0) is 12.6 Å². The number of carbonyl (C=O) groups is 1. The van der Waals surface area contributed by atoms with Gasteiger partial charge in [0.25, 0.3) is 5.89 Å². The average Bonchev–Trinajstić information content (AvgIpc) is 3.61. The number of fused-ring (bicyclic) bond motifs is 2. The maximum Gasteiger partial charge on any atom is 0.418 e. The summed E-state index contributed by atoms with van der Waals surface area (Å²) in [5.74, 6) is -2.13. The van der Waals surface area contributed by atoms with Gasteiger partial charge in [-0.3, -0.25) is 4.79 Å². The van der Waals surface area contributed by atoms with Crippen molar-refractivity contribution in [3.63, 3.8) is 0 Å². The van der Waals surface area contributed by atoms with Gasteiger partial charge in [0.1, 0.15) is 6.04 Å². The van der Waals surface area contributed by atoms with Crippen LogP contribution in [0.5, 0.6) is 0 Å². The highest BCUT2D eigenvalue weighted by Gasteiger charge is 2.39. The number of halogens is 4. The second-order valence-electron chi connectivity index (χ2n) is 7.98. The van der Waals surface area contributed by atoms with E-state index >= 15 is 0 Å². The molecule has 0 spiro atoms. The molecular formula is C22H14F4N8O2. The second-order valence-corrected chi connectivity index (χ2v) is 7.98. The summed E-state index contributed by atoms with van der Waals surface area (Å²) in [6.07, 6.45) is -0.0329. The van der Waals surface area contributed by atoms with E-state index in [2.05, 4.69) is 30.2 Å². The van der Waals surface area contributed by atoms with E-state index in [1.807, 2.05) is 0 Å². The van der Waals surface area contributed by atoms with Crippen LogP contribution >= 0.6 is 0 Å². The highest BCUT2D eigenvalue weighted by Crippen LogP contribution is 2.37. The van der Waals surface area contributed by atoms with Gasteiger partial charge >= 0.3 is 18.0 Å². The maximum absolute atomic E-state index is 14.1. The normalized spacial score (nSPS) is 15.9. The van der Waals surface area contributed by atoms with Crippen LogP contribution in [0.1, 0.15) is 39.4 Å². The Balaban J connectivity index is 1.42. The third-order valence-electron chi connectivity index (χ3n) is 5.86. The molecule has 0 saturated carbocycles. The Labute approximate surface area is 198 Å². The van der Waals surface area contributed by atoms with Gasteiger partial charge in [-0.05, 0) is 30.3 Å². The third-order valence-corrected chi connectivity index (χ3v) is 5.86. The second kappa shape index (κ2) is 7.96. The number of nitrogens with one attached hydrogen (secondary N) is 1. The molecule has 1 aliphatic rings. The van der Waals surface area contributed by atoms with E-state index in [9.17, 15) is 22.4 Å². The van der Waals surface area contributed by atoms with Crippen LogP contribution in [0.15, 0.2) is 53.5 Å². The first kappa shape index (κ1) is 21.9. The number of alkyl halides is 3. The predicted molar refractivity (Wildman–Crippen MR) is 113 cm³/mol. The van der Waals surface area contributed by atoms with Crippen molar-refractivity contribution in [2.24, 2.45) is 0 Å². The molecule has 0 radical (unpaired) electrons. The Hall–Kier alpha value is -4.62. The van der Waals surface area contributed by atoms with Gasteiger partial charge in [0.15, 0.2) is 11.5 Å². The van der Waals surface area contributed by atoms with Crippen molar-refractivity contribution in [1.82, 2.24) is 39.7 Å². The van der Waals surface area contributed by atoms with Crippen LogP contribution in [0.25, 0.3) is 17.1 Å². The van der Waals surface area contributed by atoms with Crippen LogP contribution in [0.3, 0.4) is 0 Å². The number of H-pyrrole nitrogens is 1. The molecule has 0 aromatic carbocycles. The lowest BCUT2D eigenvalue weighted by molar-refractivity contribution is -0.136. The van der Waals surface area contributed by atoms with Crippen molar-refractivity contribution >= 4 is 11.4 Å². The first-order chi connectivity index (χ1) is 17.3. The van der Waals surface area contributed by atoms with Gasteiger partial charge in [-0.1, -0.05) is 0 Å². The summed E-state index contributed by atoms with van der Waals surface area (Å²) in [6, 6.07) is 5.09. The molecule has 6 rings (SSSR count). The number of nitrogens with zero attached hydrogens (tertiary/aromatic N) is 7. The van der Waals surface area contributed by atoms with Gasteiger partial charge in [0.2, 0.25) is 0 Å². The Morgan fingerprint density at radius 2 is 2.03 bits per heavy atom. The van der Waals surface area contributed by atoms with Crippen LogP contribution < -0.4 is 0 Å². The molecular weight excluding hydrogens is 484 g/mol. The van der Waals surface area contributed by atoms with Gasteiger partial charge in [-0.2, -0.15) is 18.3 Å². The smallest absolute Gasteiger partial charge is 0.411 e. The molecule has 0 saturated heterocycles. The molecule has 36 heavy (non-hydrogen) atoms. The summed E-state index contributed by atoms with van der Waals surface area (Å²) in [5, 5.41) is 11.8. The quantitative estimate of drug-likeness (QED) is 0.379. The highest BCUT2D eigenvalue weighted by atomic mass is 19.4. The van der Waals surface area contributed by atoms with E-state index in [0.29, 0.717) is 12.1 Å². The molecule has 0 aliphatic carbocycles. The fourth-order valence-electron chi connectivity index (χ4n) is 4.27. The molecule has 5 aromatic heterocycles. The first-order valence-electron chi connectivity index (χ1n) is 10.6. The average molecular weight is 498 g/mol. The predicted octanol–water partition coefficient (Wildman–Crippen LogP) is 3.45. The summed E-state index contributed by atoms with van der Waals surface area (Å²) in [6.45, 7) is 0.161. The summed E-state index contributed by atoms with van der Waals surface area (Å²) in [4.78, 5) is 25.9. The van der Waals surface area contributed by atoms with E-state index in [1.54, 1.807) is 0 Å². The SMILES string of the molecule is O=C(c1nnc(-c2ncccc2F)o1)N1CCc2[nH]cnc2[C@H]1c1cc2c(C(F)(F)F)cccn2n1. The fraction of sp³-hybridized carbons (Fsp3) is 0.182. The van der Waals surface area contributed by atoms with E-state index in [1.165, 1.54) is 41.8 Å². The number of pyridine rings is 2. The van der Waals surface area contributed by atoms with Crippen LogP contribution in [0.4, 0.5) is 17.6 Å². The van der Waals surface area contributed by atoms with Crippen LogP contribution in [-0.4, -0.2) is 52.1 Å². The molecule has 14 heteroatoms. The molecule has 0 unspecified atom stereocenters. The molecule has 1 amide bonds. The molecule has 6 heterocycles. The summed E-state index contributed by atoms with van der Waals surface area (Å²) in [7, 11) is 0. The van der Waals surface area contributed by atoms with Crippen molar-refractivity contribution in [3.05, 3.63) is 83.4 Å². The standard InChI is InChI=1S/C22H14F4N8O2/c23-12-4-1-6-27-16(12)19-30-31-20(36-19)21(35)33-8-5-13-17(29-10-28-13)18(33)14-9-15-11(22(24,25)26)3-2-7-34(15)32-14/h1-4,6-7,9-10,18H,5,8H2,(H,28,29)/t18-/m1/s1. The number of rotatable bonds is 3. The van der Waals surface area contributed by atoms with Crippen molar-refractivity contribution in [2.45, 2.75) is 18.6 Å². The summed E-state index contributed by atoms with van der Waals surface area (Å²) < 4.78 is 61.3. The number of amides is 1. The van der Waals surface area contributed by atoms with E-state index in [-0.39, 0.29) is 29.3 Å². The van der Waals surface area contributed by atoms with E-state index in [4.69, 9.17) is 4.42 Å². The number of hydrogen-bond acceptors (Lipinski definition) is 7. The number of aromatic nitrogens is 7. The molecule has 0 fully saturated rings. The van der Waals surface area contributed by atoms with Crippen molar-refractivity contribution in [2.75, 3.05) is 6.54 Å². The van der Waals surface area contributed by atoms with Gasteiger partial charge in [0.05, 0.1) is 28.8 Å². The van der Waals surface area contributed by atoms with Crippen LogP contribution in [0, 0.1) is 5.82 Å². The minimum Gasteiger partial charge on any atom is -0.411 e. The zero-order chi connectivity index (χ0) is 25.0. The lowest BCUT2D eigenvalue weighted by Gasteiger charge is -2.32. The third kappa shape index (κ3) is 3.49. The Kier molecular flexibility index (Phi) is 4.84. The van der Waals surface area contributed by atoms with Crippen molar-refractivity contribution < 1.29 is 26.8 Å². The molecule has 0 bridgehead atoms. The number of carbonyl (C=O) groups excluding carboxylic acids is 1. The van der Waals surface area contributed by atoms with Crippen molar-refractivity contribution in [1.29, 1.82) is 0 Å².